The third kappa shape index (κ3) is 2.78. The molecule has 2 aliphatic rings. The van der Waals surface area contributed by atoms with Crippen LogP contribution in [0.1, 0.15) is 26.2 Å². The minimum Gasteiger partial charge on any atom is -0.488 e. The predicted octanol–water partition coefficient (Wildman–Crippen LogP) is 2.49. The summed E-state index contributed by atoms with van der Waals surface area (Å²) < 4.78 is 6.10. The van der Waals surface area contributed by atoms with Crippen molar-refractivity contribution in [2.75, 3.05) is 18.0 Å². The van der Waals surface area contributed by atoms with Crippen molar-refractivity contribution in [2.24, 2.45) is 5.73 Å². The monoisotopic (exact) mass is 350 g/mol. The molecule has 1 aliphatic heterocycles. The third-order valence-electron chi connectivity index (χ3n) is 5.30. The number of nitrogens with one attached hydrogen (secondary N) is 1. The fourth-order valence-electron chi connectivity index (χ4n) is 3.46. The van der Waals surface area contributed by atoms with Crippen molar-refractivity contribution < 1.29 is 4.74 Å². The molecule has 3 heterocycles. The Morgan fingerprint density at radius 2 is 2.15 bits per heavy atom. The highest BCUT2D eigenvalue weighted by Crippen LogP contribution is 2.40. The van der Waals surface area contributed by atoms with Crippen molar-refractivity contribution in [1.82, 2.24) is 20.2 Å². The number of hydrogen-bond donors (Lipinski definition) is 2. The Labute approximate surface area is 151 Å². The summed E-state index contributed by atoms with van der Waals surface area (Å²) in [6, 6.07) is 8.25. The van der Waals surface area contributed by atoms with E-state index < -0.39 is 0 Å². The highest BCUT2D eigenvalue weighted by Gasteiger charge is 2.40. The lowest BCUT2D eigenvalue weighted by atomic mass is 10.1. The maximum Gasteiger partial charge on any atom is 0.132 e. The quantitative estimate of drug-likeness (QED) is 0.751. The smallest absolute Gasteiger partial charge is 0.132 e. The van der Waals surface area contributed by atoms with Crippen molar-refractivity contribution >= 4 is 16.7 Å². The van der Waals surface area contributed by atoms with Crippen LogP contribution in [-0.2, 0) is 0 Å². The average molecular weight is 350 g/mol. The average Bonchev–Trinajstić information content (AvgIpc) is 3.05. The molecule has 7 heteroatoms. The number of ether oxygens (including phenoxy) is 1. The van der Waals surface area contributed by atoms with E-state index in [9.17, 15) is 0 Å². The van der Waals surface area contributed by atoms with Gasteiger partial charge in [-0.15, -0.1) is 0 Å². The zero-order valence-electron chi connectivity index (χ0n) is 14.8. The topological polar surface area (TPSA) is 93.0 Å². The van der Waals surface area contributed by atoms with Crippen molar-refractivity contribution in [3.63, 3.8) is 0 Å². The number of aromatic nitrogens is 4. The Morgan fingerprint density at radius 1 is 1.27 bits per heavy atom. The second-order valence-electron chi connectivity index (χ2n) is 7.59. The maximum atomic E-state index is 6.10. The van der Waals surface area contributed by atoms with Gasteiger partial charge in [-0.05, 0) is 44.4 Å². The number of H-pyrrole nitrogens is 1. The van der Waals surface area contributed by atoms with Crippen LogP contribution >= 0.6 is 0 Å². The van der Waals surface area contributed by atoms with Gasteiger partial charge in [-0.3, -0.25) is 5.10 Å². The highest BCUT2D eigenvalue weighted by atomic mass is 16.5. The predicted molar refractivity (Wildman–Crippen MR) is 100 cm³/mol. The molecule has 2 fully saturated rings. The molecular formula is C19H22N6O. The number of hydrogen-bond acceptors (Lipinski definition) is 6. The zero-order valence-corrected chi connectivity index (χ0v) is 14.8. The van der Waals surface area contributed by atoms with Crippen molar-refractivity contribution in [3.8, 4) is 17.1 Å². The molecule has 0 spiro atoms. The number of benzene rings is 1. The normalized spacial score (nSPS) is 21.3. The molecule has 1 saturated heterocycles. The number of aromatic amines is 1. The van der Waals surface area contributed by atoms with E-state index in [-0.39, 0.29) is 11.6 Å². The van der Waals surface area contributed by atoms with Gasteiger partial charge in [-0.25, -0.2) is 9.97 Å². The molecule has 0 radical (unpaired) electrons. The number of fused-ring (bicyclic) bond motifs is 1. The summed E-state index contributed by atoms with van der Waals surface area (Å²) in [7, 11) is 0. The number of nitrogens with zero attached hydrogens (tertiary/aromatic N) is 4. The first-order valence-electron chi connectivity index (χ1n) is 9.10. The van der Waals surface area contributed by atoms with E-state index in [1.54, 1.807) is 6.33 Å². The fraction of sp³-hybridized carbons (Fsp3) is 0.421. The minimum absolute atomic E-state index is 0.00577. The van der Waals surface area contributed by atoms with Gasteiger partial charge >= 0.3 is 0 Å². The van der Waals surface area contributed by atoms with Crippen molar-refractivity contribution in [3.05, 3.63) is 30.6 Å². The SMILES string of the molecule is CC1(Oc2ccc3[nH]nc(-c4cc(N5CC[C@@H](N)C5)ncn4)c3c2)CC1. The summed E-state index contributed by atoms with van der Waals surface area (Å²) in [6.45, 7) is 3.90. The van der Waals surface area contributed by atoms with Crippen LogP contribution in [0.25, 0.3) is 22.3 Å². The van der Waals surface area contributed by atoms with Gasteiger partial charge in [0.1, 0.15) is 29.2 Å². The summed E-state index contributed by atoms with van der Waals surface area (Å²) in [6.07, 6.45) is 4.80. The first kappa shape index (κ1) is 15.6. The lowest BCUT2D eigenvalue weighted by Crippen LogP contribution is -2.26. The third-order valence-corrected chi connectivity index (χ3v) is 5.30. The van der Waals surface area contributed by atoms with E-state index in [0.717, 1.165) is 66.2 Å². The molecule has 0 bridgehead atoms. The van der Waals surface area contributed by atoms with Crippen molar-refractivity contribution in [2.45, 2.75) is 37.8 Å². The summed E-state index contributed by atoms with van der Waals surface area (Å²) >= 11 is 0. The molecule has 26 heavy (non-hydrogen) atoms. The van der Waals surface area contributed by atoms with E-state index in [0.29, 0.717) is 0 Å². The molecular weight excluding hydrogens is 328 g/mol. The molecule has 134 valence electrons. The van der Waals surface area contributed by atoms with Crippen LogP contribution in [-0.4, -0.2) is 44.9 Å². The van der Waals surface area contributed by atoms with E-state index in [2.05, 4.69) is 32.0 Å². The Balaban J connectivity index is 1.51. The molecule has 1 aromatic carbocycles. The van der Waals surface area contributed by atoms with Gasteiger partial charge in [-0.2, -0.15) is 5.10 Å². The van der Waals surface area contributed by atoms with Gasteiger partial charge in [0.05, 0.1) is 11.2 Å². The Kier molecular flexibility index (Phi) is 3.40. The van der Waals surface area contributed by atoms with Crippen LogP contribution < -0.4 is 15.4 Å². The summed E-state index contributed by atoms with van der Waals surface area (Å²) in [5.41, 5.74) is 8.61. The van der Waals surface area contributed by atoms with Gasteiger partial charge in [-0.1, -0.05) is 0 Å². The summed E-state index contributed by atoms with van der Waals surface area (Å²) in [5, 5.41) is 8.59. The van der Waals surface area contributed by atoms with Gasteiger partial charge in [0.15, 0.2) is 0 Å². The molecule has 3 N–H and O–H groups in total. The molecule has 1 saturated carbocycles. The molecule has 1 atom stereocenters. The van der Waals surface area contributed by atoms with Crippen molar-refractivity contribution in [1.29, 1.82) is 0 Å². The van der Waals surface area contributed by atoms with E-state index in [4.69, 9.17) is 10.5 Å². The largest absolute Gasteiger partial charge is 0.488 e. The van der Waals surface area contributed by atoms with Crippen LogP contribution in [0.4, 0.5) is 5.82 Å². The number of nitrogens with two attached hydrogens (primary N) is 1. The Hall–Kier alpha value is -2.67. The van der Waals surface area contributed by atoms with E-state index >= 15 is 0 Å². The summed E-state index contributed by atoms with van der Waals surface area (Å²) in [5.74, 6) is 1.77. The lowest BCUT2D eigenvalue weighted by Gasteiger charge is -2.16. The molecule has 5 rings (SSSR count). The lowest BCUT2D eigenvalue weighted by molar-refractivity contribution is 0.200. The molecule has 0 amide bonds. The molecule has 0 unspecified atom stereocenters. The van der Waals surface area contributed by atoms with Gasteiger partial charge in [0.2, 0.25) is 0 Å². The second kappa shape index (κ2) is 5.67. The highest BCUT2D eigenvalue weighted by molar-refractivity contribution is 5.93. The van der Waals surface area contributed by atoms with Gasteiger partial charge in [0.25, 0.3) is 0 Å². The molecule has 3 aromatic rings. The van der Waals surface area contributed by atoms with Crippen LogP contribution in [0.2, 0.25) is 0 Å². The van der Waals surface area contributed by atoms with E-state index in [1.165, 1.54) is 0 Å². The number of rotatable bonds is 4. The second-order valence-corrected chi connectivity index (χ2v) is 7.59. The number of anilines is 1. The van der Waals surface area contributed by atoms with Gasteiger partial charge in [0, 0.05) is 30.6 Å². The Morgan fingerprint density at radius 3 is 2.92 bits per heavy atom. The van der Waals surface area contributed by atoms with E-state index in [1.807, 2.05) is 24.3 Å². The Bertz CT molecular complexity index is 964. The van der Waals surface area contributed by atoms with Crippen LogP contribution in [0.5, 0.6) is 5.75 Å². The zero-order chi connectivity index (χ0) is 17.7. The standard InChI is InChI=1S/C19H22N6O/c1-19(5-6-19)26-13-2-3-15-14(8-13)18(24-23-15)16-9-17(22-11-21-16)25-7-4-12(20)10-25/h2-3,8-9,11-12H,4-7,10,20H2,1H3,(H,23,24)/t12-/m1/s1. The molecule has 7 nitrogen and oxygen atoms in total. The minimum atomic E-state index is -0.00577. The van der Waals surface area contributed by atoms with Crippen LogP contribution in [0, 0.1) is 0 Å². The van der Waals surface area contributed by atoms with Crippen LogP contribution in [0.15, 0.2) is 30.6 Å². The maximum absolute atomic E-state index is 6.10. The van der Waals surface area contributed by atoms with Crippen LogP contribution in [0.3, 0.4) is 0 Å². The first-order chi connectivity index (χ1) is 12.6. The molecule has 2 aromatic heterocycles. The van der Waals surface area contributed by atoms with Gasteiger partial charge < -0.3 is 15.4 Å². The summed E-state index contributed by atoms with van der Waals surface area (Å²) in [4.78, 5) is 11.1. The fourth-order valence-corrected chi connectivity index (χ4v) is 3.46. The molecule has 1 aliphatic carbocycles. The first-order valence-corrected chi connectivity index (χ1v) is 9.10.